The highest BCUT2D eigenvalue weighted by atomic mass is 16.5. The molecular weight excluding hydrogens is 210 g/mol. The lowest BCUT2D eigenvalue weighted by atomic mass is 9.80. The number of hydrogen-bond donors (Lipinski definition) is 1. The maximum atomic E-state index is 5.84. The van der Waals surface area contributed by atoms with Crippen molar-refractivity contribution in [1.82, 2.24) is 10.1 Å². The largest absolute Gasteiger partial charge is 0.381 e. The summed E-state index contributed by atoms with van der Waals surface area (Å²) in [5.41, 5.74) is 5.63. The summed E-state index contributed by atoms with van der Waals surface area (Å²) in [5, 5.41) is 3.87. The Bertz CT molecular complexity index is 334. The van der Waals surface area contributed by atoms with E-state index in [1.807, 2.05) is 0 Å². The van der Waals surface area contributed by atoms with Crippen LogP contribution in [0, 0.1) is 0 Å². The summed E-state index contributed by atoms with van der Waals surface area (Å²) in [6.45, 7) is 2.25. The van der Waals surface area contributed by atoms with Gasteiger partial charge in [-0.15, -0.1) is 0 Å². The zero-order valence-corrected chi connectivity index (χ0v) is 9.44. The molecule has 1 aliphatic rings. The Morgan fingerprint density at radius 2 is 2.19 bits per heavy atom. The summed E-state index contributed by atoms with van der Waals surface area (Å²) in [4.78, 5) is 4.33. The molecular formula is C10H17N3O3. The SMILES string of the molecule is COCc1noc(C2(CN)CCOCC2)n1. The van der Waals surface area contributed by atoms with Gasteiger partial charge >= 0.3 is 0 Å². The molecule has 0 aromatic carbocycles. The average Bonchev–Trinajstić information content (AvgIpc) is 2.80. The van der Waals surface area contributed by atoms with Gasteiger partial charge in [0.1, 0.15) is 6.61 Å². The number of methoxy groups -OCH3 is 1. The lowest BCUT2D eigenvalue weighted by Gasteiger charge is -2.32. The highest BCUT2D eigenvalue weighted by Gasteiger charge is 2.38. The van der Waals surface area contributed by atoms with Crippen molar-refractivity contribution in [2.75, 3.05) is 26.9 Å². The van der Waals surface area contributed by atoms with E-state index in [4.69, 9.17) is 19.7 Å². The fourth-order valence-corrected chi connectivity index (χ4v) is 1.92. The number of nitrogens with two attached hydrogens (primary N) is 1. The predicted molar refractivity (Wildman–Crippen MR) is 55.8 cm³/mol. The lowest BCUT2D eigenvalue weighted by molar-refractivity contribution is 0.0408. The topological polar surface area (TPSA) is 83.4 Å². The minimum atomic E-state index is -0.211. The van der Waals surface area contributed by atoms with Gasteiger partial charge in [0.05, 0.1) is 5.41 Å². The van der Waals surface area contributed by atoms with Crippen LogP contribution >= 0.6 is 0 Å². The first-order valence-electron chi connectivity index (χ1n) is 5.40. The average molecular weight is 227 g/mol. The van der Waals surface area contributed by atoms with Gasteiger partial charge in [0.15, 0.2) is 5.82 Å². The zero-order chi connectivity index (χ0) is 11.4. The maximum absolute atomic E-state index is 5.84. The molecule has 0 radical (unpaired) electrons. The molecule has 6 nitrogen and oxygen atoms in total. The van der Waals surface area contributed by atoms with Crippen molar-refractivity contribution >= 4 is 0 Å². The Balaban J connectivity index is 2.18. The van der Waals surface area contributed by atoms with E-state index >= 15 is 0 Å². The van der Waals surface area contributed by atoms with E-state index in [2.05, 4.69) is 10.1 Å². The summed E-state index contributed by atoms with van der Waals surface area (Å²) in [5.74, 6) is 1.18. The van der Waals surface area contributed by atoms with Crippen LogP contribution in [0.5, 0.6) is 0 Å². The highest BCUT2D eigenvalue weighted by Crippen LogP contribution is 2.32. The van der Waals surface area contributed by atoms with Crippen molar-refractivity contribution < 1.29 is 14.0 Å². The van der Waals surface area contributed by atoms with Crippen LogP contribution in [0.1, 0.15) is 24.6 Å². The molecule has 1 fully saturated rings. The molecule has 90 valence electrons. The van der Waals surface area contributed by atoms with Crippen molar-refractivity contribution in [2.24, 2.45) is 5.73 Å². The van der Waals surface area contributed by atoms with Crippen LogP contribution in [-0.2, 0) is 21.5 Å². The van der Waals surface area contributed by atoms with Gasteiger partial charge in [-0.3, -0.25) is 0 Å². The molecule has 2 heterocycles. The molecule has 0 unspecified atom stereocenters. The minimum Gasteiger partial charge on any atom is -0.381 e. The molecule has 16 heavy (non-hydrogen) atoms. The second kappa shape index (κ2) is 4.90. The van der Waals surface area contributed by atoms with E-state index in [0.29, 0.717) is 38.1 Å². The molecule has 0 amide bonds. The second-order valence-corrected chi connectivity index (χ2v) is 4.05. The minimum absolute atomic E-state index is 0.211. The van der Waals surface area contributed by atoms with Gasteiger partial charge in [-0.2, -0.15) is 4.98 Å². The molecule has 1 aliphatic heterocycles. The van der Waals surface area contributed by atoms with Crippen LogP contribution in [0.3, 0.4) is 0 Å². The van der Waals surface area contributed by atoms with Crippen molar-refractivity contribution in [3.05, 3.63) is 11.7 Å². The van der Waals surface area contributed by atoms with Crippen LogP contribution in [0.25, 0.3) is 0 Å². The summed E-state index contributed by atoms with van der Waals surface area (Å²) >= 11 is 0. The van der Waals surface area contributed by atoms with Crippen LogP contribution in [0.2, 0.25) is 0 Å². The van der Waals surface area contributed by atoms with E-state index in [1.54, 1.807) is 7.11 Å². The van der Waals surface area contributed by atoms with E-state index in [0.717, 1.165) is 12.8 Å². The number of hydrogen-bond acceptors (Lipinski definition) is 6. The van der Waals surface area contributed by atoms with Gasteiger partial charge in [0.25, 0.3) is 0 Å². The number of ether oxygens (including phenoxy) is 2. The molecule has 0 spiro atoms. The third-order valence-electron chi connectivity index (χ3n) is 3.04. The number of aromatic nitrogens is 2. The lowest BCUT2D eigenvalue weighted by Crippen LogP contribution is -2.40. The first kappa shape index (κ1) is 11.5. The van der Waals surface area contributed by atoms with Crippen molar-refractivity contribution in [1.29, 1.82) is 0 Å². The first-order valence-corrected chi connectivity index (χ1v) is 5.40. The van der Waals surface area contributed by atoms with Gasteiger partial charge in [0, 0.05) is 26.9 Å². The van der Waals surface area contributed by atoms with Crippen molar-refractivity contribution in [3.8, 4) is 0 Å². The second-order valence-electron chi connectivity index (χ2n) is 4.05. The van der Waals surface area contributed by atoms with Crippen LogP contribution in [0.15, 0.2) is 4.52 Å². The third kappa shape index (κ3) is 2.09. The molecule has 6 heteroatoms. The molecule has 1 saturated heterocycles. The zero-order valence-electron chi connectivity index (χ0n) is 9.44. The maximum Gasteiger partial charge on any atom is 0.234 e. The molecule has 0 atom stereocenters. The summed E-state index contributed by atoms with van der Waals surface area (Å²) < 4.78 is 15.6. The Hall–Kier alpha value is -0.980. The van der Waals surface area contributed by atoms with Crippen LogP contribution < -0.4 is 5.73 Å². The Kier molecular flexibility index (Phi) is 3.52. The summed E-state index contributed by atoms with van der Waals surface area (Å²) in [7, 11) is 1.60. The molecule has 1 aromatic rings. The number of nitrogens with zero attached hydrogens (tertiary/aromatic N) is 2. The quantitative estimate of drug-likeness (QED) is 0.792. The van der Waals surface area contributed by atoms with E-state index in [9.17, 15) is 0 Å². The van der Waals surface area contributed by atoms with Gasteiger partial charge in [-0.05, 0) is 12.8 Å². The van der Waals surface area contributed by atoms with Gasteiger partial charge in [0.2, 0.25) is 5.89 Å². The van der Waals surface area contributed by atoms with Gasteiger partial charge in [-0.1, -0.05) is 5.16 Å². The van der Waals surface area contributed by atoms with Gasteiger partial charge in [-0.25, -0.2) is 0 Å². The molecule has 0 aliphatic carbocycles. The predicted octanol–water partition coefficient (Wildman–Crippen LogP) is 0.223. The molecule has 2 N–H and O–H groups in total. The van der Waals surface area contributed by atoms with E-state index < -0.39 is 0 Å². The monoisotopic (exact) mass is 227 g/mol. The third-order valence-corrected chi connectivity index (χ3v) is 3.04. The standard InChI is InChI=1S/C10H17N3O3/c1-14-6-8-12-9(16-13-8)10(7-11)2-4-15-5-3-10/h2-7,11H2,1H3. The molecule has 0 bridgehead atoms. The Morgan fingerprint density at radius 1 is 1.44 bits per heavy atom. The molecule has 2 rings (SSSR count). The first-order chi connectivity index (χ1) is 7.80. The Labute approximate surface area is 94.1 Å². The molecule has 0 saturated carbocycles. The fraction of sp³-hybridized carbons (Fsp3) is 0.800. The highest BCUT2D eigenvalue weighted by molar-refractivity contribution is 5.07. The van der Waals surface area contributed by atoms with E-state index in [1.165, 1.54) is 0 Å². The van der Waals surface area contributed by atoms with Crippen LogP contribution in [0.4, 0.5) is 0 Å². The molecule has 1 aromatic heterocycles. The smallest absolute Gasteiger partial charge is 0.234 e. The summed E-state index contributed by atoms with van der Waals surface area (Å²) in [6.07, 6.45) is 1.66. The van der Waals surface area contributed by atoms with E-state index in [-0.39, 0.29) is 5.41 Å². The summed E-state index contributed by atoms with van der Waals surface area (Å²) in [6, 6.07) is 0. The van der Waals surface area contributed by atoms with Gasteiger partial charge < -0.3 is 19.7 Å². The van der Waals surface area contributed by atoms with Crippen LogP contribution in [-0.4, -0.2) is 37.0 Å². The van der Waals surface area contributed by atoms with Crippen molar-refractivity contribution in [3.63, 3.8) is 0 Å². The Morgan fingerprint density at radius 3 is 2.81 bits per heavy atom. The fourth-order valence-electron chi connectivity index (χ4n) is 1.92. The normalized spacial score (nSPS) is 19.9. The number of rotatable bonds is 4. The van der Waals surface area contributed by atoms with Crippen molar-refractivity contribution in [2.45, 2.75) is 24.9 Å².